The molecule has 1 fully saturated rings. The molecule has 0 spiro atoms. The molecule has 3 rings (SSSR count). The molecule has 1 aliphatic heterocycles. The van der Waals surface area contributed by atoms with Crippen molar-refractivity contribution in [1.82, 2.24) is 19.0 Å². The summed E-state index contributed by atoms with van der Waals surface area (Å²) in [7, 11) is -3.22. The van der Waals surface area contributed by atoms with Crippen molar-refractivity contribution in [2.75, 3.05) is 25.9 Å². The minimum absolute atomic E-state index is 0.0421. The van der Waals surface area contributed by atoms with Crippen LogP contribution in [-0.2, 0) is 10.0 Å². The number of halogens is 1. The Morgan fingerprint density at radius 1 is 1.26 bits per heavy atom. The second-order valence-electron chi connectivity index (χ2n) is 6.64. The molecule has 0 radical (unpaired) electrons. The van der Waals surface area contributed by atoms with Crippen molar-refractivity contribution in [2.45, 2.75) is 25.8 Å². The molecule has 0 saturated carbocycles. The fraction of sp³-hybridized carbons (Fsp3) is 0.444. The molecule has 0 N–H and O–H groups in total. The van der Waals surface area contributed by atoms with Gasteiger partial charge in [0, 0.05) is 36.3 Å². The molecule has 1 aromatic carbocycles. The van der Waals surface area contributed by atoms with Gasteiger partial charge >= 0.3 is 0 Å². The molecule has 2 aromatic rings. The molecule has 7 nitrogen and oxygen atoms in total. The van der Waals surface area contributed by atoms with Crippen LogP contribution in [0.5, 0.6) is 0 Å². The van der Waals surface area contributed by atoms with E-state index in [0.29, 0.717) is 38.0 Å². The average molecular weight is 455 g/mol. The minimum atomic E-state index is -3.22. The number of likely N-dealkylation sites (tertiary alicyclic amines) is 1. The number of hydrogen-bond acceptors (Lipinski definition) is 4. The monoisotopic (exact) mass is 454 g/mol. The van der Waals surface area contributed by atoms with Gasteiger partial charge in [-0.1, -0.05) is 22.9 Å². The van der Waals surface area contributed by atoms with Gasteiger partial charge in [0.05, 0.1) is 23.7 Å². The van der Waals surface area contributed by atoms with Crippen molar-refractivity contribution >= 4 is 31.9 Å². The van der Waals surface area contributed by atoms with Gasteiger partial charge in [-0.3, -0.25) is 4.79 Å². The Bertz CT molecular complexity index is 903. The number of nitrogens with zero attached hydrogens (tertiary/aromatic N) is 4. The van der Waals surface area contributed by atoms with E-state index in [2.05, 4.69) is 21.0 Å². The Labute approximate surface area is 168 Å². The first-order valence-corrected chi connectivity index (χ1v) is 11.5. The fourth-order valence-electron chi connectivity index (χ4n) is 3.47. The first-order valence-electron chi connectivity index (χ1n) is 8.86. The molecule has 1 amide bonds. The number of aromatic nitrogens is 2. The summed E-state index contributed by atoms with van der Waals surface area (Å²) in [5.41, 5.74) is 1.41. The third-order valence-electron chi connectivity index (χ3n) is 4.82. The highest BCUT2D eigenvalue weighted by Crippen LogP contribution is 2.21. The zero-order valence-electron chi connectivity index (χ0n) is 15.4. The molecule has 27 heavy (non-hydrogen) atoms. The van der Waals surface area contributed by atoms with Crippen LogP contribution in [0.1, 0.15) is 30.1 Å². The second kappa shape index (κ2) is 8.12. The summed E-state index contributed by atoms with van der Waals surface area (Å²) < 4.78 is 28.0. The Morgan fingerprint density at radius 3 is 2.44 bits per heavy atom. The Morgan fingerprint density at radius 2 is 1.89 bits per heavy atom. The lowest BCUT2D eigenvalue weighted by Crippen LogP contribution is -2.48. The lowest BCUT2D eigenvalue weighted by atomic mass is 10.0. The quantitative estimate of drug-likeness (QED) is 0.695. The molecular formula is C18H23BrN4O3S. The number of carbonyl (C=O) groups is 1. The van der Waals surface area contributed by atoms with Gasteiger partial charge in [0.25, 0.3) is 5.91 Å². The highest BCUT2D eigenvalue weighted by atomic mass is 79.9. The van der Waals surface area contributed by atoms with E-state index in [0.717, 1.165) is 10.2 Å². The maximum absolute atomic E-state index is 12.8. The van der Waals surface area contributed by atoms with E-state index in [1.54, 1.807) is 22.0 Å². The lowest BCUT2D eigenvalue weighted by Gasteiger charge is -2.36. The molecule has 2 heterocycles. The second-order valence-corrected chi connectivity index (χ2v) is 9.49. The van der Waals surface area contributed by atoms with Crippen molar-refractivity contribution in [3.63, 3.8) is 0 Å². The minimum Gasteiger partial charge on any atom is -0.338 e. The Hall–Kier alpha value is -1.71. The SMILES string of the molecule is CCN(C1CCN(C(=O)c2cnn(-c3ccc(Br)cc3)c2)CC1)S(C)(=O)=O. The van der Waals surface area contributed by atoms with Gasteiger partial charge in [0.1, 0.15) is 0 Å². The van der Waals surface area contributed by atoms with Crippen molar-refractivity contribution < 1.29 is 13.2 Å². The van der Waals surface area contributed by atoms with Gasteiger partial charge in [0.2, 0.25) is 10.0 Å². The van der Waals surface area contributed by atoms with Crippen molar-refractivity contribution in [2.24, 2.45) is 0 Å². The standard InChI is InChI=1S/C18H23BrN4O3S/c1-3-23(27(2,25)26)17-8-10-21(11-9-17)18(24)14-12-20-22(13-14)16-6-4-15(19)5-7-16/h4-7,12-13,17H,3,8-11H2,1-2H3. The third kappa shape index (κ3) is 4.59. The predicted octanol–water partition coefficient (Wildman–Crippen LogP) is 2.52. The normalized spacial score (nSPS) is 16.1. The zero-order chi connectivity index (χ0) is 19.6. The van der Waals surface area contributed by atoms with Gasteiger partial charge < -0.3 is 4.90 Å². The Balaban J connectivity index is 1.65. The summed E-state index contributed by atoms with van der Waals surface area (Å²) in [6.45, 7) is 3.38. The van der Waals surface area contributed by atoms with E-state index < -0.39 is 10.0 Å². The molecule has 1 aromatic heterocycles. The largest absolute Gasteiger partial charge is 0.338 e. The van der Waals surface area contributed by atoms with Crippen LogP contribution in [0.3, 0.4) is 0 Å². The van der Waals surface area contributed by atoms with Crippen molar-refractivity contribution in [3.8, 4) is 5.69 Å². The number of carbonyl (C=O) groups excluding carboxylic acids is 1. The molecule has 146 valence electrons. The number of amides is 1. The van der Waals surface area contributed by atoms with Crippen LogP contribution in [0.2, 0.25) is 0 Å². The van der Waals surface area contributed by atoms with Crippen LogP contribution in [-0.4, -0.2) is 65.2 Å². The molecule has 1 saturated heterocycles. The number of benzene rings is 1. The molecule has 0 aliphatic carbocycles. The topological polar surface area (TPSA) is 75.5 Å². The Kier molecular flexibility index (Phi) is 6.02. The van der Waals surface area contributed by atoms with Gasteiger partial charge in [-0.05, 0) is 37.1 Å². The molecule has 0 bridgehead atoms. The third-order valence-corrected chi connectivity index (χ3v) is 6.75. The lowest BCUT2D eigenvalue weighted by molar-refractivity contribution is 0.0680. The molecule has 0 unspecified atom stereocenters. The van der Waals surface area contributed by atoms with Crippen LogP contribution >= 0.6 is 15.9 Å². The molecular weight excluding hydrogens is 432 g/mol. The van der Waals surface area contributed by atoms with Crippen LogP contribution in [0.25, 0.3) is 5.69 Å². The van der Waals surface area contributed by atoms with Gasteiger partial charge in [-0.25, -0.2) is 13.1 Å². The highest BCUT2D eigenvalue weighted by Gasteiger charge is 2.31. The smallest absolute Gasteiger partial charge is 0.257 e. The highest BCUT2D eigenvalue weighted by molar-refractivity contribution is 9.10. The van der Waals surface area contributed by atoms with E-state index in [-0.39, 0.29) is 11.9 Å². The summed E-state index contributed by atoms with van der Waals surface area (Å²) in [4.78, 5) is 14.5. The van der Waals surface area contributed by atoms with Gasteiger partial charge in [0.15, 0.2) is 0 Å². The summed E-state index contributed by atoms with van der Waals surface area (Å²) in [5.74, 6) is -0.0702. The molecule has 1 aliphatic rings. The van der Waals surface area contributed by atoms with Crippen molar-refractivity contribution in [1.29, 1.82) is 0 Å². The summed E-state index contributed by atoms with van der Waals surface area (Å²) in [6, 6.07) is 7.64. The number of hydrogen-bond donors (Lipinski definition) is 0. The summed E-state index contributed by atoms with van der Waals surface area (Å²) in [5, 5.41) is 4.29. The molecule has 9 heteroatoms. The predicted molar refractivity (Wildman–Crippen MR) is 107 cm³/mol. The zero-order valence-corrected chi connectivity index (χ0v) is 17.8. The summed E-state index contributed by atoms with van der Waals surface area (Å²) >= 11 is 3.40. The van der Waals surface area contributed by atoms with Crippen LogP contribution < -0.4 is 0 Å². The average Bonchev–Trinajstić information content (AvgIpc) is 3.12. The first kappa shape index (κ1) is 20.0. The van der Waals surface area contributed by atoms with Crippen LogP contribution in [0.4, 0.5) is 0 Å². The molecule has 0 atom stereocenters. The maximum atomic E-state index is 12.8. The van der Waals surface area contributed by atoms with Gasteiger partial charge in [-0.2, -0.15) is 9.40 Å². The van der Waals surface area contributed by atoms with Crippen LogP contribution in [0.15, 0.2) is 41.1 Å². The summed E-state index contributed by atoms with van der Waals surface area (Å²) in [6.07, 6.45) is 5.84. The first-order chi connectivity index (χ1) is 12.8. The fourth-order valence-corrected chi connectivity index (χ4v) is 4.96. The number of piperidine rings is 1. The van der Waals surface area contributed by atoms with Gasteiger partial charge in [-0.15, -0.1) is 0 Å². The van der Waals surface area contributed by atoms with E-state index in [1.807, 2.05) is 31.2 Å². The van der Waals surface area contributed by atoms with Crippen molar-refractivity contribution in [3.05, 3.63) is 46.7 Å². The number of rotatable bonds is 5. The van der Waals surface area contributed by atoms with E-state index >= 15 is 0 Å². The number of sulfonamides is 1. The van der Waals surface area contributed by atoms with E-state index in [9.17, 15) is 13.2 Å². The van der Waals surface area contributed by atoms with Crippen LogP contribution in [0, 0.1) is 0 Å². The van der Waals surface area contributed by atoms with E-state index in [4.69, 9.17) is 0 Å². The van der Waals surface area contributed by atoms with E-state index in [1.165, 1.54) is 10.6 Å². The maximum Gasteiger partial charge on any atom is 0.257 e.